The Morgan fingerprint density at radius 2 is 2.29 bits per heavy atom. The Labute approximate surface area is 46.3 Å². The van der Waals surface area contributed by atoms with Gasteiger partial charge in [-0.15, -0.1) is 0 Å². The maximum absolute atomic E-state index is 11.2. The lowest BCUT2D eigenvalue weighted by Crippen LogP contribution is -1.91. The Hall–Kier alpha value is 0.210. The second kappa shape index (κ2) is 4.37. The first kappa shape index (κ1) is 7.21. The maximum Gasteiger partial charge on any atom is 0.247 e. The zero-order chi connectivity index (χ0) is 5.70. The van der Waals surface area contributed by atoms with Crippen LogP contribution in [0.5, 0.6) is 0 Å². The molecular formula is C4H7F2S. The minimum absolute atomic E-state index is 0.0729. The summed E-state index contributed by atoms with van der Waals surface area (Å²) < 4.78 is 22.4. The van der Waals surface area contributed by atoms with Crippen LogP contribution in [0.3, 0.4) is 0 Å². The van der Waals surface area contributed by atoms with E-state index in [2.05, 4.69) is 0 Å². The number of halogens is 2. The van der Waals surface area contributed by atoms with Crippen LogP contribution in [0.1, 0.15) is 6.92 Å². The normalized spacial score (nSPS) is 10.3. The van der Waals surface area contributed by atoms with Crippen LogP contribution in [0.25, 0.3) is 0 Å². The number of alkyl halides is 2. The smallest absolute Gasteiger partial charge is 0.210 e. The van der Waals surface area contributed by atoms with Gasteiger partial charge < -0.3 is 0 Å². The Balaban J connectivity index is 2.68. The average Bonchev–Trinajstić information content (AvgIpc) is 1.61. The van der Waals surface area contributed by atoms with E-state index in [0.717, 1.165) is 11.8 Å². The zero-order valence-corrected chi connectivity index (χ0v) is 4.84. The largest absolute Gasteiger partial charge is 0.247 e. The van der Waals surface area contributed by atoms with Gasteiger partial charge >= 0.3 is 0 Å². The van der Waals surface area contributed by atoms with Crippen molar-refractivity contribution in [2.24, 2.45) is 0 Å². The van der Waals surface area contributed by atoms with Gasteiger partial charge in [0.1, 0.15) is 0 Å². The van der Waals surface area contributed by atoms with Gasteiger partial charge in [0.2, 0.25) is 6.43 Å². The maximum atomic E-state index is 11.2. The molecule has 0 nitrogen and oxygen atoms in total. The predicted molar refractivity (Wildman–Crippen MR) is 28.4 cm³/mol. The van der Waals surface area contributed by atoms with Crippen LogP contribution < -0.4 is 0 Å². The minimum Gasteiger partial charge on any atom is -0.210 e. The molecule has 7 heavy (non-hydrogen) atoms. The lowest BCUT2D eigenvalue weighted by molar-refractivity contribution is 0.177. The third-order valence-corrected chi connectivity index (χ3v) is 1.17. The number of thioether (sulfide) groups is 1. The van der Waals surface area contributed by atoms with Crippen molar-refractivity contribution in [3.63, 3.8) is 0 Å². The van der Waals surface area contributed by atoms with Gasteiger partial charge in [-0.3, -0.25) is 0 Å². The summed E-state index contributed by atoms with van der Waals surface area (Å²) in [5, 5.41) is 0. The summed E-state index contributed by atoms with van der Waals surface area (Å²) in [6.45, 7) is 1.74. The molecular weight excluding hydrogens is 118 g/mol. The second-order valence-electron chi connectivity index (χ2n) is 0.960. The van der Waals surface area contributed by atoms with E-state index in [1.807, 2.05) is 0 Å². The van der Waals surface area contributed by atoms with Gasteiger partial charge in [-0.25, -0.2) is 8.78 Å². The molecule has 0 unspecified atom stereocenters. The highest BCUT2D eigenvalue weighted by molar-refractivity contribution is 8.01. The first-order valence-electron chi connectivity index (χ1n) is 1.95. The SMILES string of the molecule is C[CH]SCC(F)F. The monoisotopic (exact) mass is 125 g/mol. The van der Waals surface area contributed by atoms with E-state index in [-0.39, 0.29) is 5.75 Å². The topological polar surface area (TPSA) is 0 Å². The standard InChI is InChI=1S/C4H7F2S/c1-2-7-3-4(5)6/h2,4H,3H2,1H3. The van der Waals surface area contributed by atoms with Crippen molar-refractivity contribution in [2.45, 2.75) is 13.3 Å². The van der Waals surface area contributed by atoms with Gasteiger partial charge in [0.15, 0.2) is 0 Å². The molecule has 0 atom stereocenters. The van der Waals surface area contributed by atoms with E-state index < -0.39 is 6.43 Å². The molecule has 43 valence electrons. The fraction of sp³-hybridized carbons (Fsp3) is 0.750. The average molecular weight is 125 g/mol. The van der Waals surface area contributed by atoms with Crippen molar-refractivity contribution < 1.29 is 8.78 Å². The Kier molecular flexibility index (Phi) is 4.50. The van der Waals surface area contributed by atoms with E-state index >= 15 is 0 Å². The first-order chi connectivity index (χ1) is 3.27. The van der Waals surface area contributed by atoms with Crippen molar-refractivity contribution in [2.75, 3.05) is 5.75 Å². The minimum atomic E-state index is -2.17. The molecule has 0 saturated heterocycles. The molecule has 0 rings (SSSR count). The first-order valence-corrected chi connectivity index (χ1v) is 3.00. The fourth-order valence-electron chi connectivity index (χ4n) is 0.169. The number of hydrogen-bond acceptors (Lipinski definition) is 1. The lowest BCUT2D eigenvalue weighted by atomic mass is 10.9. The van der Waals surface area contributed by atoms with Crippen LogP contribution in [-0.4, -0.2) is 12.2 Å². The fourth-order valence-corrected chi connectivity index (χ4v) is 0.507. The number of rotatable bonds is 3. The van der Waals surface area contributed by atoms with Gasteiger partial charge in [0.05, 0.1) is 5.75 Å². The molecule has 0 aliphatic heterocycles. The molecule has 0 aliphatic carbocycles. The lowest BCUT2D eigenvalue weighted by Gasteiger charge is -1.91. The molecule has 0 aromatic rings. The molecule has 1 radical (unpaired) electrons. The molecule has 0 amide bonds. The molecule has 3 heteroatoms. The summed E-state index contributed by atoms with van der Waals surface area (Å²) in [4.78, 5) is 0. The predicted octanol–water partition coefficient (Wildman–Crippen LogP) is 2.17. The summed E-state index contributed by atoms with van der Waals surface area (Å²) in [5.41, 5.74) is 0. The molecule has 0 fully saturated rings. The van der Waals surface area contributed by atoms with Crippen LogP contribution in [0.2, 0.25) is 0 Å². The van der Waals surface area contributed by atoms with Gasteiger partial charge in [0.25, 0.3) is 0 Å². The van der Waals surface area contributed by atoms with Crippen molar-refractivity contribution in [3.8, 4) is 0 Å². The summed E-state index contributed by atoms with van der Waals surface area (Å²) in [5.74, 6) is 1.59. The number of hydrogen-bond donors (Lipinski definition) is 0. The Morgan fingerprint density at radius 1 is 1.71 bits per heavy atom. The van der Waals surface area contributed by atoms with Crippen LogP contribution in [-0.2, 0) is 0 Å². The summed E-state index contributed by atoms with van der Waals surface area (Å²) >= 11 is 1.14. The van der Waals surface area contributed by atoms with Crippen molar-refractivity contribution >= 4 is 11.8 Å². The Bertz CT molecular complexity index is 38.7. The van der Waals surface area contributed by atoms with E-state index in [9.17, 15) is 8.78 Å². The summed E-state index contributed by atoms with van der Waals surface area (Å²) in [6, 6.07) is 0. The highest BCUT2D eigenvalue weighted by Crippen LogP contribution is 2.08. The van der Waals surface area contributed by atoms with Crippen LogP contribution >= 0.6 is 11.8 Å². The third kappa shape index (κ3) is 6.21. The second-order valence-corrected chi connectivity index (χ2v) is 2.10. The molecule has 0 aromatic heterocycles. The molecule has 0 N–H and O–H groups in total. The third-order valence-electron chi connectivity index (χ3n) is 0.389. The van der Waals surface area contributed by atoms with E-state index in [4.69, 9.17) is 0 Å². The summed E-state index contributed by atoms with van der Waals surface area (Å²) in [7, 11) is 0. The molecule has 0 heterocycles. The van der Waals surface area contributed by atoms with Gasteiger partial charge in [0, 0.05) is 5.75 Å². The quantitative estimate of drug-likeness (QED) is 0.557. The van der Waals surface area contributed by atoms with Crippen molar-refractivity contribution in [3.05, 3.63) is 5.75 Å². The van der Waals surface area contributed by atoms with Gasteiger partial charge in [-0.1, -0.05) is 6.92 Å². The van der Waals surface area contributed by atoms with Crippen LogP contribution in [0.4, 0.5) is 8.78 Å². The molecule has 0 bridgehead atoms. The van der Waals surface area contributed by atoms with Crippen LogP contribution in [0, 0.1) is 5.75 Å². The molecule has 0 aliphatic rings. The van der Waals surface area contributed by atoms with Crippen molar-refractivity contribution in [1.29, 1.82) is 0 Å². The highest BCUT2D eigenvalue weighted by atomic mass is 32.2. The highest BCUT2D eigenvalue weighted by Gasteiger charge is 1.98. The van der Waals surface area contributed by atoms with Crippen LogP contribution in [0.15, 0.2) is 0 Å². The summed E-state index contributed by atoms with van der Waals surface area (Å²) in [6.07, 6.45) is -2.17. The van der Waals surface area contributed by atoms with E-state index in [1.165, 1.54) is 0 Å². The zero-order valence-electron chi connectivity index (χ0n) is 4.03. The van der Waals surface area contributed by atoms with Crippen molar-refractivity contribution in [1.82, 2.24) is 0 Å². The molecule has 0 aromatic carbocycles. The van der Waals surface area contributed by atoms with E-state index in [0.29, 0.717) is 0 Å². The van der Waals surface area contributed by atoms with E-state index in [1.54, 1.807) is 12.7 Å². The Morgan fingerprint density at radius 3 is 2.43 bits per heavy atom. The van der Waals surface area contributed by atoms with Gasteiger partial charge in [-0.2, -0.15) is 11.8 Å². The molecule has 0 spiro atoms. The van der Waals surface area contributed by atoms with Gasteiger partial charge in [-0.05, 0) is 0 Å². The molecule has 0 saturated carbocycles.